The van der Waals surface area contributed by atoms with E-state index in [1.165, 1.54) is 11.1 Å². The van der Waals surface area contributed by atoms with Crippen molar-refractivity contribution in [2.45, 2.75) is 56.7 Å². The summed E-state index contributed by atoms with van der Waals surface area (Å²) in [4.78, 5) is 23.5. The molecule has 4 rings (SSSR count). The molecule has 6 nitrogen and oxygen atoms in total. The number of hydrogen-bond acceptors (Lipinski definition) is 6. The Labute approximate surface area is 205 Å². The third kappa shape index (κ3) is 4.90. The molecule has 0 radical (unpaired) electrons. The third-order valence-corrected chi connectivity index (χ3v) is 6.09. The van der Waals surface area contributed by atoms with Gasteiger partial charge in [-0.25, -0.2) is 9.78 Å². The summed E-state index contributed by atoms with van der Waals surface area (Å²) in [6.45, 7) is 7.40. The van der Waals surface area contributed by atoms with E-state index in [2.05, 4.69) is 38.4 Å². The number of amides is 1. The maximum absolute atomic E-state index is 12.6. The van der Waals surface area contributed by atoms with Crippen molar-refractivity contribution in [3.8, 4) is 0 Å². The van der Waals surface area contributed by atoms with Crippen molar-refractivity contribution >= 4 is 24.5 Å². The number of fused-ring (bicyclic) bond motifs is 1. The summed E-state index contributed by atoms with van der Waals surface area (Å²) in [6, 6.07) is 8.38. The average Bonchev–Trinajstić information content (AvgIpc) is 2.95. The maximum Gasteiger partial charge on any atom is 1.00 e. The second kappa shape index (κ2) is 8.99. The minimum atomic E-state index is -0.520. The first-order valence-electron chi connectivity index (χ1n) is 10.1. The topological polar surface area (TPSA) is 67.3 Å². The Morgan fingerprint density at radius 1 is 1.20 bits per heavy atom. The normalized spacial score (nSPS) is 19.7. The van der Waals surface area contributed by atoms with E-state index in [9.17, 15) is 4.79 Å². The summed E-state index contributed by atoms with van der Waals surface area (Å²) in [5.74, 6) is 0.862. The van der Waals surface area contributed by atoms with Crippen molar-refractivity contribution < 1.29 is 39.1 Å². The number of aromatic nitrogens is 2. The van der Waals surface area contributed by atoms with Gasteiger partial charge in [0.05, 0.1) is 12.2 Å². The molecule has 0 saturated carbocycles. The Kier molecular flexibility index (Phi) is 6.97. The molecule has 2 aromatic rings. The molecule has 1 aromatic carbocycles. The molecule has 1 aliphatic heterocycles. The van der Waals surface area contributed by atoms with Crippen LogP contribution >= 0.6 is 0 Å². The summed E-state index contributed by atoms with van der Waals surface area (Å²) in [7, 11) is 0. The van der Waals surface area contributed by atoms with Crippen LogP contribution in [0.5, 0.6) is 0 Å². The van der Waals surface area contributed by atoms with Gasteiger partial charge in [-0.3, -0.25) is 4.98 Å². The van der Waals surface area contributed by atoms with Gasteiger partial charge >= 0.3 is 35.7 Å². The molecular formula is C22H27N4NaO2S. The van der Waals surface area contributed by atoms with Crippen molar-refractivity contribution in [2.75, 3.05) is 18.0 Å². The molecule has 2 aliphatic rings. The van der Waals surface area contributed by atoms with Crippen LogP contribution in [-0.4, -0.2) is 34.8 Å². The predicted molar refractivity (Wildman–Crippen MR) is 114 cm³/mol. The molecule has 8 heteroatoms. The predicted octanol–water partition coefficient (Wildman–Crippen LogP) is 0.795. The van der Waals surface area contributed by atoms with Crippen LogP contribution in [0.1, 0.15) is 50.8 Å². The number of carbonyl (C=O) groups is 1. The summed E-state index contributed by atoms with van der Waals surface area (Å²) >= 11 is 5.04. The molecule has 30 heavy (non-hydrogen) atoms. The molecule has 2 heterocycles. The Balaban J connectivity index is 0.00000256. The minimum absolute atomic E-state index is 0. The summed E-state index contributed by atoms with van der Waals surface area (Å²) < 4.78 is 5.56. The second-order valence-electron chi connectivity index (χ2n) is 9.02. The summed E-state index contributed by atoms with van der Waals surface area (Å²) in [5.41, 5.74) is 2.00. The van der Waals surface area contributed by atoms with Gasteiger partial charge < -0.3 is 27.6 Å². The number of rotatable bonds is 2. The van der Waals surface area contributed by atoms with E-state index in [0.717, 1.165) is 38.2 Å². The van der Waals surface area contributed by atoms with Crippen LogP contribution in [0.25, 0.3) is 0 Å². The van der Waals surface area contributed by atoms with Gasteiger partial charge in [-0.05, 0) is 51.2 Å². The van der Waals surface area contributed by atoms with Crippen LogP contribution in [0.4, 0.5) is 10.6 Å². The van der Waals surface area contributed by atoms with Crippen molar-refractivity contribution in [2.24, 2.45) is 5.41 Å². The third-order valence-electron chi connectivity index (χ3n) is 5.88. The minimum Gasteiger partial charge on any atom is -0.759 e. The van der Waals surface area contributed by atoms with Gasteiger partial charge in [-0.2, -0.15) is 0 Å². The van der Waals surface area contributed by atoms with Gasteiger partial charge in [0.15, 0.2) is 0 Å². The monoisotopic (exact) mass is 434 g/mol. The SMILES string of the molecule is CC(C)(C)OC(=O)N[C@@H]1c2ccccc2CC12CCN(c1cnc([S-])cn1)CC2.[Na+]. The molecule has 0 bridgehead atoms. The van der Waals surface area contributed by atoms with E-state index in [0.29, 0.717) is 5.03 Å². The van der Waals surface area contributed by atoms with Crippen LogP contribution in [0.2, 0.25) is 0 Å². The van der Waals surface area contributed by atoms with E-state index in [1.54, 1.807) is 12.4 Å². The van der Waals surface area contributed by atoms with E-state index >= 15 is 0 Å². The van der Waals surface area contributed by atoms with Gasteiger partial charge in [0, 0.05) is 24.7 Å². The molecule has 154 valence electrons. The van der Waals surface area contributed by atoms with Crippen molar-refractivity contribution in [3.05, 3.63) is 47.8 Å². The van der Waals surface area contributed by atoms with Crippen LogP contribution in [0, 0.1) is 5.41 Å². The van der Waals surface area contributed by atoms with Crippen molar-refractivity contribution in [1.29, 1.82) is 0 Å². The van der Waals surface area contributed by atoms with E-state index < -0.39 is 5.60 Å². The Bertz CT molecular complexity index is 893. The van der Waals surface area contributed by atoms with E-state index in [-0.39, 0.29) is 47.1 Å². The van der Waals surface area contributed by atoms with Crippen LogP contribution in [0.3, 0.4) is 0 Å². The number of anilines is 1. The first-order valence-corrected chi connectivity index (χ1v) is 10.5. The number of ether oxygens (including phenoxy) is 1. The fourth-order valence-electron chi connectivity index (χ4n) is 4.56. The zero-order chi connectivity index (χ0) is 20.6. The van der Waals surface area contributed by atoms with Crippen LogP contribution in [-0.2, 0) is 23.8 Å². The summed E-state index contributed by atoms with van der Waals surface area (Å²) in [5, 5.41) is 3.70. The fourth-order valence-corrected chi connectivity index (χ4v) is 4.67. The maximum atomic E-state index is 12.6. The molecule has 1 spiro atoms. The van der Waals surface area contributed by atoms with Gasteiger partial charge in [0.25, 0.3) is 0 Å². The van der Waals surface area contributed by atoms with Crippen LogP contribution < -0.4 is 39.8 Å². The van der Waals surface area contributed by atoms with Crippen LogP contribution in [0.15, 0.2) is 41.7 Å². The Morgan fingerprint density at radius 2 is 1.90 bits per heavy atom. The molecule has 1 saturated heterocycles. The number of alkyl carbamates (subject to hydrolysis) is 1. The standard InChI is InChI=1S/C22H28N4O2S.Na/c1-21(2,3)28-20(27)25-19-16-7-5-4-6-15(16)12-22(19)8-10-26(11-9-22)17-13-24-18(29)14-23-17;/h4-7,13-14,19H,8-12H2,1-3H3,(H,24,29)(H,25,27);/q;+1/p-1/t19-;/m1./s1. The number of nitrogens with one attached hydrogen (secondary N) is 1. The molecule has 1 N–H and O–H groups in total. The van der Waals surface area contributed by atoms with Gasteiger partial charge in [0.1, 0.15) is 11.4 Å². The number of carbonyl (C=O) groups excluding carboxylic acids is 1. The fraction of sp³-hybridized carbons (Fsp3) is 0.500. The quantitative estimate of drug-likeness (QED) is 0.557. The van der Waals surface area contributed by atoms with Gasteiger partial charge in [0.2, 0.25) is 0 Å². The second-order valence-corrected chi connectivity index (χ2v) is 9.44. The Morgan fingerprint density at radius 3 is 2.53 bits per heavy atom. The Hall–Kier alpha value is -1.41. The average molecular weight is 435 g/mol. The number of hydrogen-bond donors (Lipinski definition) is 1. The molecule has 1 fully saturated rings. The number of nitrogens with zero attached hydrogens (tertiary/aromatic N) is 3. The molecular weight excluding hydrogens is 407 g/mol. The molecule has 1 atom stereocenters. The zero-order valence-electron chi connectivity index (χ0n) is 18.1. The van der Waals surface area contributed by atoms with E-state index in [1.807, 2.05) is 26.8 Å². The number of benzene rings is 1. The number of piperidine rings is 1. The van der Waals surface area contributed by atoms with Crippen molar-refractivity contribution in [3.63, 3.8) is 0 Å². The molecule has 0 unspecified atom stereocenters. The molecule has 1 aliphatic carbocycles. The van der Waals surface area contributed by atoms with Gasteiger partial charge in [-0.15, -0.1) is 0 Å². The van der Waals surface area contributed by atoms with Gasteiger partial charge in [-0.1, -0.05) is 29.3 Å². The zero-order valence-corrected chi connectivity index (χ0v) is 21.0. The largest absolute Gasteiger partial charge is 1.00 e. The van der Waals surface area contributed by atoms with Crippen molar-refractivity contribution in [1.82, 2.24) is 15.3 Å². The molecule has 1 aromatic heterocycles. The first-order chi connectivity index (χ1) is 13.8. The first kappa shape index (κ1) is 23.3. The smallest absolute Gasteiger partial charge is 0.759 e. The molecule has 1 amide bonds. The summed E-state index contributed by atoms with van der Waals surface area (Å²) in [6.07, 6.45) is 5.91. The van der Waals surface area contributed by atoms with E-state index in [4.69, 9.17) is 17.4 Å².